The highest BCUT2D eigenvalue weighted by Gasteiger charge is 2.11. The molecular weight excluding hydrogens is 320 g/mol. The lowest BCUT2D eigenvalue weighted by molar-refractivity contribution is 0.414. The van der Waals surface area contributed by atoms with E-state index in [0.717, 1.165) is 24.3 Å². The average molecular weight is 346 g/mol. The van der Waals surface area contributed by atoms with E-state index >= 15 is 0 Å². The maximum absolute atomic E-state index is 5.30. The molecule has 0 radical (unpaired) electrons. The van der Waals surface area contributed by atoms with Crippen LogP contribution in [0.2, 0.25) is 0 Å². The fraction of sp³-hybridized carbons (Fsp3) is 0.250. The van der Waals surface area contributed by atoms with Crippen molar-refractivity contribution < 1.29 is 9.47 Å². The molecule has 2 nitrogen and oxygen atoms in total. The van der Waals surface area contributed by atoms with E-state index < -0.39 is 0 Å². The fourth-order valence-electron chi connectivity index (χ4n) is 3.19. The second-order valence-electron chi connectivity index (χ2n) is 6.70. The number of allylic oxidation sites excluding steroid dienone is 1. The molecule has 0 saturated heterocycles. The number of fused-ring (bicyclic) bond motifs is 1. The molecule has 0 saturated carbocycles. The van der Waals surface area contributed by atoms with Gasteiger partial charge in [-0.2, -0.15) is 0 Å². The van der Waals surface area contributed by atoms with Crippen molar-refractivity contribution in [2.24, 2.45) is 0 Å². The summed E-state index contributed by atoms with van der Waals surface area (Å²) < 4.78 is 10.5. The maximum atomic E-state index is 5.30. The first-order valence-electron chi connectivity index (χ1n) is 8.99. The average Bonchev–Trinajstić information content (AvgIpc) is 2.70. The Bertz CT molecular complexity index is 894. The van der Waals surface area contributed by atoms with Crippen LogP contribution in [0, 0.1) is 0 Å². The summed E-state index contributed by atoms with van der Waals surface area (Å²) in [7, 11) is 3.39. The molecule has 3 aromatic rings. The molecule has 0 spiro atoms. The molecule has 0 fully saturated rings. The van der Waals surface area contributed by atoms with Crippen LogP contribution < -0.4 is 9.47 Å². The third-order valence-electron chi connectivity index (χ3n) is 5.08. The van der Waals surface area contributed by atoms with Gasteiger partial charge in [-0.25, -0.2) is 0 Å². The van der Waals surface area contributed by atoms with Crippen molar-refractivity contribution in [2.75, 3.05) is 14.2 Å². The van der Waals surface area contributed by atoms with Crippen LogP contribution >= 0.6 is 0 Å². The second kappa shape index (κ2) is 8.09. The Morgan fingerprint density at radius 2 is 1.46 bits per heavy atom. The van der Waals surface area contributed by atoms with Crippen molar-refractivity contribution >= 4 is 10.8 Å². The molecule has 0 aliphatic heterocycles. The predicted molar refractivity (Wildman–Crippen MR) is 109 cm³/mol. The number of ether oxygens (including phenoxy) is 2. The summed E-state index contributed by atoms with van der Waals surface area (Å²) in [6, 6.07) is 21.1. The van der Waals surface area contributed by atoms with Crippen LogP contribution in [0.3, 0.4) is 0 Å². The summed E-state index contributed by atoms with van der Waals surface area (Å²) >= 11 is 0. The monoisotopic (exact) mass is 346 g/mol. The number of methoxy groups -OCH3 is 2. The van der Waals surface area contributed by atoms with Gasteiger partial charge in [0.25, 0.3) is 0 Å². The molecule has 0 N–H and O–H groups in total. The van der Waals surface area contributed by atoms with Gasteiger partial charge < -0.3 is 9.47 Å². The van der Waals surface area contributed by atoms with Gasteiger partial charge >= 0.3 is 0 Å². The fourth-order valence-corrected chi connectivity index (χ4v) is 3.19. The summed E-state index contributed by atoms with van der Waals surface area (Å²) in [6.07, 6.45) is 1.98. The summed E-state index contributed by atoms with van der Waals surface area (Å²) in [5, 5.41) is 2.43. The summed E-state index contributed by atoms with van der Waals surface area (Å²) in [5.74, 6) is 2.12. The first-order chi connectivity index (χ1) is 12.6. The van der Waals surface area contributed by atoms with Crippen LogP contribution in [0.25, 0.3) is 10.8 Å². The van der Waals surface area contributed by atoms with Gasteiger partial charge in [-0.05, 0) is 59.0 Å². The highest BCUT2D eigenvalue weighted by molar-refractivity contribution is 5.84. The zero-order valence-electron chi connectivity index (χ0n) is 15.8. The molecule has 0 amide bonds. The number of hydrogen-bond acceptors (Lipinski definition) is 2. The number of benzene rings is 3. The Morgan fingerprint density at radius 3 is 2.15 bits per heavy atom. The van der Waals surface area contributed by atoms with Crippen LogP contribution in [0.15, 0.2) is 72.8 Å². The standard InChI is InChI=1S/C24H26O2/c1-17(5-6-19-7-12-23(25-3)13-8-19)18(2)20-9-10-22-16-24(26-4)14-11-21(22)15-20/h7-16,18H,1,5-6H2,2-4H3/t18-/m0/s1. The van der Waals surface area contributed by atoms with Crippen LogP contribution in [0.4, 0.5) is 0 Å². The molecule has 1 atom stereocenters. The molecule has 0 bridgehead atoms. The lowest BCUT2D eigenvalue weighted by Gasteiger charge is -2.16. The van der Waals surface area contributed by atoms with Crippen molar-refractivity contribution in [1.82, 2.24) is 0 Å². The molecule has 0 aliphatic rings. The van der Waals surface area contributed by atoms with Crippen LogP contribution in [-0.4, -0.2) is 14.2 Å². The zero-order chi connectivity index (χ0) is 18.5. The summed E-state index contributed by atoms with van der Waals surface area (Å²) in [6.45, 7) is 6.58. The Morgan fingerprint density at radius 1 is 0.846 bits per heavy atom. The van der Waals surface area contributed by atoms with E-state index in [2.05, 4.69) is 56.0 Å². The molecule has 3 rings (SSSR count). The highest BCUT2D eigenvalue weighted by atomic mass is 16.5. The van der Waals surface area contributed by atoms with Gasteiger partial charge in [-0.3, -0.25) is 0 Å². The Labute approximate surface area is 156 Å². The smallest absolute Gasteiger partial charge is 0.119 e. The SMILES string of the molecule is C=C(CCc1ccc(OC)cc1)[C@H](C)c1ccc2cc(OC)ccc2c1. The predicted octanol–water partition coefficient (Wildman–Crippen LogP) is 6.15. The van der Waals surface area contributed by atoms with Gasteiger partial charge in [0.2, 0.25) is 0 Å². The van der Waals surface area contributed by atoms with E-state index in [1.807, 2.05) is 18.2 Å². The van der Waals surface area contributed by atoms with Crippen molar-refractivity contribution in [1.29, 1.82) is 0 Å². The lowest BCUT2D eigenvalue weighted by atomic mass is 9.89. The Kier molecular flexibility index (Phi) is 5.62. The van der Waals surface area contributed by atoms with Crippen molar-refractivity contribution in [3.05, 3.63) is 83.9 Å². The highest BCUT2D eigenvalue weighted by Crippen LogP contribution is 2.30. The van der Waals surface area contributed by atoms with Crippen LogP contribution in [-0.2, 0) is 6.42 Å². The van der Waals surface area contributed by atoms with E-state index in [4.69, 9.17) is 9.47 Å². The number of rotatable bonds is 7. The van der Waals surface area contributed by atoms with Crippen molar-refractivity contribution in [3.63, 3.8) is 0 Å². The molecule has 0 heterocycles. The lowest BCUT2D eigenvalue weighted by Crippen LogP contribution is -1.99. The summed E-state index contributed by atoms with van der Waals surface area (Å²) in [4.78, 5) is 0. The third kappa shape index (κ3) is 4.08. The van der Waals surface area contributed by atoms with Gasteiger partial charge in [0, 0.05) is 5.92 Å². The number of aryl methyl sites for hydroxylation is 1. The minimum atomic E-state index is 0.333. The van der Waals surface area contributed by atoms with Gasteiger partial charge in [-0.15, -0.1) is 0 Å². The van der Waals surface area contributed by atoms with E-state index in [-0.39, 0.29) is 0 Å². The quantitative estimate of drug-likeness (QED) is 0.478. The molecule has 0 aromatic heterocycles. The molecule has 134 valence electrons. The van der Waals surface area contributed by atoms with Gasteiger partial charge in [0.05, 0.1) is 14.2 Å². The Balaban J connectivity index is 1.68. The molecule has 0 unspecified atom stereocenters. The molecule has 26 heavy (non-hydrogen) atoms. The molecule has 0 aliphatic carbocycles. The molecule has 3 aromatic carbocycles. The van der Waals surface area contributed by atoms with Crippen molar-refractivity contribution in [2.45, 2.75) is 25.7 Å². The maximum Gasteiger partial charge on any atom is 0.119 e. The second-order valence-corrected chi connectivity index (χ2v) is 6.70. The van der Waals surface area contributed by atoms with Crippen molar-refractivity contribution in [3.8, 4) is 11.5 Å². The number of hydrogen-bond donors (Lipinski definition) is 0. The summed E-state index contributed by atoms with van der Waals surface area (Å²) in [5.41, 5.74) is 3.88. The topological polar surface area (TPSA) is 18.5 Å². The normalized spacial score (nSPS) is 12.0. The Hall–Kier alpha value is -2.74. The minimum Gasteiger partial charge on any atom is -0.497 e. The first-order valence-corrected chi connectivity index (χ1v) is 8.99. The van der Waals surface area contributed by atoms with E-state index in [1.165, 1.54) is 27.5 Å². The third-order valence-corrected chi connectivity index (χ3v) is 5.08. The van der Waals surface area contributed by atoms with Gasteiger partial charge in [0.15, 0.2) is 0 Å². The van der Waals surface area contributed by atoms with Gasteiger partial charge in [0.1, 0.15) is 11.5 Å². The van der Waals surface area contributed by atoms with Crippen LogP contribution in [0.5, 0.6) is 11.5 Å². The van der Waals surface area contributed by atoms with E-state index in [9.17, 15) is 0 Å². The first kappa shape index (κ1) is 18.1. The van der Waals surface area contributed by atoms with E-state index in [1.54, 1.807) is 14.2 Å². The van der Waals surface area contributed by atoms with Gasteiger partial charge in [-0.1, -0.05) is 55.5 Å². The van der Waals surface area contributed by atoms with Crippen LogP contribution in [0.1, 0.15) is 30.4 Å². The molecule has 2 heteroatoms. The minimum absolute atomic E-state index is 0.333. The largest absolute Gasteiger partial charge is 0.497 e. The van der Waals surface area contributed by atoms with E-state index in [0.29, 0.717) is 5.92 Å². The zero-order valence-corrected chi connectivity index (χ0v) is 15.8. The molecular formula is C24H26O2.